The Morgan fingerprint density at radius 3 is 2.32 bits per heavy atom. The van der Waals surface area contributed by atoms with Crippen molar-refractivity contribution in [1.82, 2.24) is 4.72 Å². The second kappa shape index (κ2) is 5.58. The van der Waals surface area contributed by atoms with E-state index in [0.29, 0.717) is 11.3 Å². The first-order chi connectivity index (χ1) is 8.65. The highest BCUT2D eigenvalue weighted by Gasteiger charge is 2.27. The van der Waals surface area contributed by atoms with E-state index in [1.807, 2.05) is 0 Å². The van der Waals surface area contributed by atoms with Crippen LogP contribution in [-0.4, -0.2) is 20.4 Å². The molecule has 106 valence electrons. The number of aryl methyl sites for hydroxylation is 1. The number of nitrogens with two attached hydrogens (primary N) is 2. The van der Waals surface area contributed by atoms with E-state index in [9.17, 15) is 13.2 Å². The molecule has 0 saturated heterocycles. The second-order valence-electron chi connectivity index (χ2n) is 4.77. The van der Waals surface area contributed by atoms with Gasteiger partial charge in [0.2, 0.25) is 15.9 Å². The van der Waals surface area contributed by atoms with E-state index < -0.39 is 22.0 Å². The molecule has 1 unspecified atom stereocenters. The van der Waals surface area contributed by atoms with Gasteiger partial charge in [0.1, 0.15) is 6.04 Å². The predicted molar refractivity (Wildman–Crippen MR) is 73.7 cm³/mol. The van der Waals surface area contributed by atoms with Gasteiger partial charge in [-0.2, -0.15) is 4.72 Å². The smallest absolute Gasteiger partial charge is 0.241 e. The summed E-state index contributed by atoms with van der Waals surface area (Å²) in [4.78, 5) is 11.4. The topological polar surface area (TPSA) is 115 Å². The molecule has 0 heterocycles. The summed E-state index contributed by atoms with van der Waals surface area (Å²) in [6.45, 7) is 5.07. The highest BCUT2D eigenvalue weighted by atomic mass is 32.2. The number of anilines is 1. The summed E-state index contributed by atoms with van der Waals surface area (Å²) >= 11 is 0. The molecular weight excluding hydrogens is 266 g/mol. The molecule has 0 fully saturated rings. The number of nitrogen functional groups attached to an aromatic ring is 1. The van der Waals surface area contributed by atoms with Crippen molar-refractivity contribution in [2.75, 3.05) is 5.73 Å². The van der Waals surface area contributed by atoms with E-state index in [1.165, 1.54) is 12.1 Å². The Balaban J connectivity index is 3.14. The van der Waals surface area contributed by atoms with Crippen molar-refractivity contribution < 1.29 is 13.2 Å². The van der Waals surface area contributed by atoms with Gasteiger partial charge >= 0.3 is 0 Å². The fraction of sp³-hybridized carbons (Fsp3) is 0.417. The zero-order valence-electron chi connectivity index (χ0n) is 11.2. The lowest BCUT2D eigenvalue weighted by molar-refractivity contribution is -0.120. The monoisotopic (exact) mass is 285 g/mol. The van der Waals surface area contributed by atoms with E-state index in [-0.39, 0.29) is 10.8 Å². The van der Waals surface area contributed by atoms with Crippen molar-refractivity contribution in [1.29, 1.82) is 0 Å². The number of carbonyl (C=O) groups is 1. The molecule has 0 aliphatic rings. The van der Waals surface area contributed by atoms with Crippen LogP contribution < -0.4 is 16.2 Å². The second-order valence-corrected chi connectivity index (χ2v) is 6.45. The van der Waals surface area contributed by atoms with E-state index >= 15 is 0 Å². The summed E-state index contributed by atoms with van der Waals surface area (Å²) in [6, 6.07) is 3.52. The Morgan fingerprint density at radius 1 is 1.32 bits per heavy atom. The van der Waals surface area contributed by atoms with Crippen molar-refractivity contribution >= 4 is 21.6 Å². The first-order valence-electron chi connectivity index (χ1n) is 5.83. The Labute approximate surface area is 113 Å². The van der Waals surface area contributed by atoms with E-state index in [4.69, 9.17) is 11.5 Å². The van der Waals surface area contributed by atoms with Crippen LogP contribution in [0.15, 0.2) is 23.1 Å². The summed E-state index contributed by atoms with van der Waals surface area (Å²) in [7, 11) is -3.80. The van der Waals surface area contributed by atoms with Crippen LogP contribution in [0.4, 0.5) is 5.69 Å². The first kappa shape index (κ1) is 15.5. The zero-order chi connectivity index (χ0) is 14.8. The number of primary amides is 1. The van der Waals surface area contributed by atoms with Crippen molar-refractivity contribution in [2.24, 2.45) is 11.7 Å². The molecule has 0 aromatic heterocycles. The van der Waals surface area contributed by atoms with Crippen LogP contribution in [0.2, 0.25) is 0 Å². The number of carbonyl (C=O) groups excluding carboxylic acids is 1. The minimum absolute atomic E-state index is 0.0913. The molecule has 1 aromatic carbocycles. The van der Waals surface area contributed by atoms with Gasteiger partial charge in [-0.05, 0) is 36.6 Å². The Morgan fingerprint density at radius 2 is 1.89 bits per heavy atom. The van der Waals surface area contributed by atoms with Gasteiger partial charge < -0.3 is 11.5 Å². The molecular formula is C12H19N3O3S. The maximum Gasteiger partial charge on any atom is 0.241 e. The van der Waals surface area contributed by atoms with Gasteiger partial charge in [-0.1, -0.05) is 13.8 Å². The zero-order valence-corrected chi connectivity index (χ0v) is 12.0. The Hall–Kier alpha value is -1.60. The van der Waals surface area contributed by atoms with Crippen LogP contribution in [0.3, 0.4) is 0 Å². The Kier molecular flexibility index (Phi) is 4.54. The summed E-state index contributed by atoms with van der Waals surface area (Å²) in [6.07, 6.45) is 0. The predicted octanol–water partition coefficient (Wildman–Crippen LogP) is 0.365. The number of sulfonamides is 1. The number of hydrogen-bond donors (Lipinski definition) is 3. The lowest BCUT2D eigenvalue weighted by atomic mass is 10.1. The van der Waals surface area contributed by atoms with Crippen molar-refractivity contribution in [2.45, 2.75) is 31.7 Å². The van der Waals surface area contributed by atoms with Gasteiger partial charge in [0.25, 0.3) is 0 Å². The summed E-state index contributed by atoms with van der Waals surface area (Å²) in [5.41, 5.74) is 11.8. The average molecular weight is 285 g/mol. The molecule has 1 aromatic rings. The largest absolute Gasteiger partial charge is 0.399 e. The standard InChI is InChI=1S/C12H19N3O3S/c1-7(2)11(12(14)16)15-19(17,18)10-5-4-9(13)6-8(10)3/h4-7,11,15H,13H2,1-3H3,(H2,14,16). The molecule has 0 bridgehead atoms. The van der Waals surface area contributed by atoms with E-state index in [2.05, 4.69) is 4.72 Å². The number of amides is 1. The molecule has 0 aliphatic heterocycles. The number of nitrogens with one attached hydrogen (secondary N) is 1. The SMILES string of the molecule is Cc1cc(N)ccc1S(=O)(=O)NC(C(N)=O)C(C)C. The van der Waals surface area contributed by atoms with Gasteiger partial charge in [0, 0.05) is 5.69 Å². The molecule has 0 radical (unpaired) electrons. The van der Waals surface area contributed by atoms with E-state index in [1.54, 1.807) is 26.8 Å². The van der Waals surface area contributed by atoms with Crippen LogP contribution >= 0.6 is 0 Å². The summed E-state index contributed by atoms with van der Waals surface area (Å²) < 4.78 is 26.8. The number of benzene rings is 1. The molecule has 0 aliphatic carbocycles. The lowest BCUT2D eigenvalue weighted by Gasteiger charge is -2.19. The Bertz CT molecular complexity index is 582. The summed E-state index contributed by atoms with van der Waals surface area (Å²) in [5.74, 6) is -0.937. The third-order valence-electron chi connectivity index (χ3n) is 2.74. The third kappa shape index (κ3) is 3.68. The number of rotatable bonds is 5. The highest BCUT2D eigenvalue weighted by molar-refractivity contribution is 7.89. The minimum atomic E-state index is -3.80. The molecule has 1 amide bonds. The molecule has 5 N–H and O–H groups in total. The molecule has 0 saturated carbocycles. The number of hydrogen-bond acceptors (Lipinski definition) is 4. The van der Waals surface area contributed by atoms with Crippen molar-refractivity contribution in [3.05, 3.63) is 23.8 Å². The molecule has 7 heteroatoms. The highest BCUT2D eigenvalue weighted by Crippen LogP contribution is 2.18. The quantitative estimate of drug-likeness (QED) is 0.678. The van der Waals surface area contributed by atoms with E-state index in [0.717, 1.165) is 0 Å². The van der Waals surface area contributed by atoms with Gasteiger partial charge in [0.05, 0.1) is 4.90 Å². The van der Waals surface area contributed by atoms with Gasteiger partial charge in [-0.15, -0.1) is 0 Å². The molecule has 19 heavy (non-hydrogen) atoms. The fourth-order valence-electron chi connectivity index (χ4n) is 1.73. The van der Waals surface area contributed by atoms with Crippen LogP contribution in [0, 0.1) is 12.8 Å². The lowest BCUT2D eigenvalue weighted by Crippen LogP contribution is -2.47. The van der Waals surface area contributed by atoms with Crippen LogP contribution in [0.1, 0.15) is 19.4 Å². The molecule has 0 spiro atoms. The average Bonchev–Trinajstić information content (AvgIpc) is 2.24. The maximum absolute atomic E-state index is 12.2. The van der Waals surface area contributed by atoms with Crippen LogP contribution in [0.25, 0.3) is 0 Å². The minimum Gasteiger partial charge on any atom is -0.399 e. The van der Waals surface area contributed by atoms with Gasteiger partial charge in [0.15, 0.2) is 0 Å². The summed E-state index contributed by atoms with van der Waals surface area (Å²) in [5, 5.41) is 0. The van der Waals surface area contributed by atoms with Crippen LogP contribution in [0.5, 0.6) is 0 Å². The maximum atomic E-state index is 12.2. The van der Waals surface area contributed by atoms with Crippen LogP contribution in [-0.2, 0) is 14.8 Å². The molecule has 1 atom stereocenters. The first-order valence-corrected chi connectivity index (χ1v) is 7.31. The normalized spacial score (nSPS) is 13.5. The van der Waals surface area contributed by atoms with Gasteiger partial charge in [-0.25, -0.2) is 8.42 Å². The molecule has 6 nitrogen and oxygen atoms in total. The van der Waals surface area contributed by atoms with Crippen molar-refractivity contribution in [3.63, 3.8) is 0 Å². The van der Waals surface area contributed by atoms with Gasteiger partial charge in [-0.3, -0.25) is 4.79 Å². The van der Waals surface area contributed by atoms with Crippen molar-refractivity contribution in [3.8, 4) is 0 Å². The fourth-order valence-corrected chi connectivity index (χ4v) is 3.31. The molecule has 1 rings (SSSR count). The third-order valence-corrected chi connectivity index (χ3v) is 4.35.